The zero-order valence-corrected chi connectivity index (χ0v) is 16.5. The van der Waals surface area contributed by atoms with E-state index in [4.69, 9.17) is 23.2 Å². The minimum absolute atomic E-state index is 0.0243. The molecule has 0 bridgehead atoms. The number of nitrogens with zero attached hydrogens (tertiary/aromatic N) is 1. The number of hydrogen-bond donors (Lipinski definition) is 2. The highest BCUT2D eigenvalue weighted by molar-refractivity contribution is 7.89. The summed E-state index contributed by atoms with van der Waals surface area (Å²) in [6, 6.07) is 10.7. The summed E-state index contributed by atoms with van der Waals surface area (Å²) < 4.78 is 28.2. The fraction of sp³-hybridized carbons (Fsp3) is 0.125. The van der Waals surface area contributed by atoms with Gasteiger partial charge in [0.05, 0.1) is 26.3 Å². The molecule has 26 heavy (non-hydrogen) atoms. The van der Waals surface area contributed by atoms with E-state index in [-0.39, 0.29) is 14.9 Å². The lowest BCUT2D eigenvalue weighted by Crippen LogP contribution is -2.41. The maximum atomic E-state index is 12.5. The number of amides is 1. The molecule has 0 aliphatic carbocycles. The Morgan fingerprint density at radius 3 is 2.42 bits per heavy atom. The second kappa shape index (κ2) is 7.50. The van der Waals surface area contributed by atoms with Crippen molar-refractivity contribution in [1.29, 1.82) is 0 Å². The number of aromatic nitrogens is 1. The standard InChI is InChI=1S/C16H13Cl2N3O3S2/c1-9(21-26(23,24)14-10(17)5-4-6-11(14)18)15(22)20-16-19-12-7-2-3-8-13(12)25-16/h2-9,21H,1H3,(H,19,20,22)/t9-/m0/s1. The SMILES string of the molecule is C[C@H](NS(=O)(=O)c1c(Cl)cccc1Cl)C(=O)Nc1nc2ccccc2s1. The molecular formula is C16H13Cl2N3O3S2. The summed E-state index contributed by atoms with van der Waals surface area (Å²) in [6.45, 7) is 1.42. The molecule has 3 rings (SSSR count). The molecular weight excluding hydrogens is 417 g/mol. The zero-order valence-electron chi connectivity index (χ0n) is 13.4. The molecule has 1 aromatic heterocycles. The first kappa shape index (κ1) is 19.1. The molecule has 3 aromatic rings. The second-order valence-electron chi connectivity index (χ2n) is 5.37. The van der Waals surface area contributed by atoms with Gasteiger partial charge in [0, 0.05) is 0 Å². The van der Waals surface area contributed by atoms with Crippen molar-refractivity contribution in [2.24, 2.45) is 0 Å². The van der Waals surface area contributed by atoms with E-state index in [0.29, 0.717) is 5.13 Å². The minimum atomic E-state index is -4.07. The van der Waals surface area contributed by atoms with E-state index in [1.165, 1.54) is 36.5 Å². The Bertz CT molecular complexity index is 1030. The van der Waals surface area contributed by atoms with Crippen LogP contribution < -0.4 is 10.0 Å². The van der Waals surface area contributed by atoms with Crippen LogP contribution in [0.2, 0.25) is 10.0 Å². The van der Waals surface area contributed by atoms with Crippen molar-refractivity contribution in [2.75, 3.05) is 5.32 Å². The lowest BCUT2D eigenvalue weighted by molar-refractivity contribution is -0.117. The van der Waals surface area contributed by atoms with Crippen LogP contribution in [0.25, 0.3) is 10.2 Å². The van der Waals surface area contributed by atoms with Crippen molar-refractivity contribution >= 4 is 65.8 Å². The summed E-state index contributed by atoms with van der Waals surface area (Å²) in [5, 5.41) is 2.95. The van der Waals surface area contributed by atoms with Crippen LogP contribution in [0.1, 0.15) is 6.92 Å². The molecule has 1 amide bonds. The maximum Gasteiger partial charge on any atom is 0.244 e. The molecule has 0 aliphatic heterocycles. The fourth-order valence-corrected chi connectivity index (χ4v) is 5.44. The van der Waals surface area contributed by atoms with Gasteiger partial charge in [0.15, 0.2) is 5.13 Å². The number of halogens is 2. The maximum absolute atomic E-state index is 12.5. The summed E-state index contributed by atoms with van der Waals surface area (Å²) in [5.74, 6) is -0.546. The van der Waals surface area contributed by atoms with Crippen LogP contribution in [0, 0.1) is 0 Å². The predicted octanol–water partition coefficient (Wildman–Crippen LogP) is 3.91. The molecule has 2 N–H and O–H groups in total. The van der Waals surface area contributed by atoms with Crippen molar-refractivity contribution in [1.82, 2.24) is 9.71 Å². The molecule has 1 heterocycles. The summed E-state index contributed by atoms with van der Waals surface area (Å²) in [5.41, 5.74) is 0.754. The highest BCUT2D eigenvalue weighted by Gasteiger charge is 2.26. The van der Waals surface area contributed by atoms with Crippen LogP contribution >= 0.6 is 34.5 Å². The average molecular weight is 430 g/mol. The molecule has 10 heteroatoms. The minimum Gasteiger partial charge on any atom is -0.301 e. The summed E-state index contributed by atoms with van der Waals surface area (Å²) in [4.78, 5) is 16.4. The number of rotatable bonds is 5. The van der Waals surface area contributed by atoms with Gasteiger partial charge in [-0.05, 0) is 31.2 Å². The van der Waals surface area contributed by atoms with Crippen LogP contribution in [0.5, 0.6) is 0 Å². The first-order valence-corrected chi connectivity index (χ1v) is 10.5. The Kier molecular flexibility index (Phi) is 5.50. The van der Waals surface area contributed by atoms with Gasteiger partial charge in [0.25, 0.3) is 0 Å². The first-order chi connectivity index (χ1) is 12.3. The molecule has 2 aromatic carbocycles. The Balaban J connectivity index is 1.76. The molecule has 0 aliphatic rings. The van der Waals surface area contributed by atoms with E-state index in [9.17, 15) is 13.2 Å². The number of carbonyl (C=O) groups is 1. The smallest absolute Gasteiger partial charge is 0.244 e. The molecule has 0 saturated carbocycles. The van der Waals surface area contributed by atoms with Gasteiger partial charge in [-0.25, -0.2) is 13.4 Å². The highest BCUT2D eigenvalue weighted by Crippen LogP contribution is 2.29. The summed E-state index contributed by atoms with van der Waals surface area (Å²) in [7, 11) is -4.07. The lowest BCUT2D eigenvalue weighted by atomic mass is 10.3. The third-order valence-corrected chi connectivity index (χ3v) is 6.88. The van der Waals surface area contributed by atoms with E-state index in [1.807, 2.05) is 24.3 Å². The number of carbonyl (C=O) groups excluding carboxylic acids is 1. The number of nitrogens with one attached hydrogen (secondary N) is 2. The normalized spacial score (nSPS) is 12.9. The molecule has 0 fully saturated rings. The molecule has 136 valence electrons. The van der Waals surface area contributed by atoms with Crippen molar-refractivity contribution in [3.8, 4) is 0 Å². The molecule has 0 radical (unpaired) electrons. The largest absolute Gasteiger partial charge is 0.301 e. The quantitative estimate of drug-likeness (QED) is 0.643. The number of fused-ring (bicyclic) bond motifs is 1. The van der Waals surface area contributed by atoms with Gasteiger partial charge in [-0.1, -0.05) is 52.7 Å². The van der Waals surface area contributed by atoms with Crippen LogP contribution in [-0.2, 0) is 14.8 Å². The number of benzene rings is 2. The molecule has 6 nitrogen and oxygen atoms in total. The Morgan fingerprint density at radius 1 is 1.12 bits per heavy atom. The zero-order chi connectivity index (χ0) is 18.9. The number of sulfonamides is 1. The van der Waals surface area contributed by atoms with E-state index in [2.05, 4.69) is 15.0 Å². The lowest BCUT2D eigenvalue weighted by Gasteiger charge is -2.15. The Hall–Kier alpha value is -1.71. The van der Waals surface area contributed by atoms with Gasteiger partial charge in [0.1, 0.15) is 4.90 Å². The van der Waals surface area contributed by atoms with Crippen molar-refractivity contribution in [3.63, 3.8) is 0 Å². The van der Waals surface area contributed by atoms with Crippen LogP contribution in [-0.4, -0.2) is 25.4 Å². The fourth-order valence-electron chi connectivity index (χ4n) is 2.22. The molecule has 0 saturated heterocycles. The first-order valence-electron chi connectivity index (χ1n) is 7.41. The van der Waals surface area contributed by atoms with Gasteiger partial charge in [0.2, 0.25) is 15.9 Å². The van der Waals surface area contributed by atoms with Crippen molar-refractivity contribution in [2.45, 2.75) is 17.9 Å². The summed E-state index contributed by atoms with van der Waals surface area (Å²) >= 11 is 13.2. The van der Waals surface area contributed by atoms with E-state index in [0.717, 1.165) is 10.2 Å². The van der Waals surface area contributed by atoms with Gasteiger partial charge < -0.3 is 5.32 Å². The number of para-hydroxylation sites is 1. The second-order valence-corrected chi connectivity index (χ2v) is 8.87. The van der Waals surface area contributed by atoms with Gasteiger partial charge >= 0.3 is 0 Å². The molecule has 0 unspecified atom stereocenters. The summed E-state index contributed by atoms with van der Waals surface area (Å²) in [6.07, 6.45) is 0. The van der Waals surface area contributed by atoms with Gasteiger partial charge in [-0.3, -0.25) is 4.79 Å². The average Bonchev–Trinajstić information content (AvgIpc) is 2.96. The van der Waals surface area contributed by atoms with Gasteiger partial charge in [-0.2, -0.15) is 4.72 Å². The number of hydrogen-bond acceptors (Lipinski definition) is 5. The Morgan fingerprint density at radius 2 is 1.77 bits per heavy atom. The number of thiazole rings is 1. The predicted molar refractivity (Wildman–Crippen MR) is 104 cm³/mol. The third kappa shape index (κ3) is 3.99. The molecule has 0 spiro atoms. The number of anilines is 1. The molecule has 1 atom stereocenters. The van der Waals surface area contributed by atoms with E-state index in [1.54, 1.807) is 0 Å². The van der Waals surface area contributed by atoms with Crippen LogP contribution in [0.4, 0.5) is 5.13 Å². The monoisotopic (exact) mass is 429 g/mol. The third-order valence-electron chi connectivity index (χ3n) is 3.44. The van der Waals surface area contributed by atoms with Crippen LogP contribution in [0.15, 0.2) is 47.4 Å². The Labute approximate surface area is 164 Å². The van der Waals surface area contributed by atoms with E-state index >= 15 is 0 Å². The highest BCUT2D eigenvalue weighted by atomic mass is 35.5. The van der Waals surface area contributed by atoms with Crippen LogP contribution in [0.3, 0.4) is 0 Å². The van der Waals surface area contributed by atoms with Gasteiger partial charge in [-0.15, -0.1) is 0 Å². The topological polar surface area (TPSA) is 88.2 Å². The van der Waals surface area contributed by atoms with Crippen molar-refractivity contribution < 1.29 is 13.2 Å². The van der Waals surface area contributed by atoms with Crippen molar-refractivity contribution in [3.05, 3.63) is 52.5 Å². The van der Waals surface area contributed by atoms with E-state index < -0.39 is 22.0 Å².